The second kappa shape index (κ2) is 4.30. The summed E-state index contributed by atoms with van der Waals surface area (Å²) in [7, 11) is 1.80. The smallest absolute Gasteiger partial charge is 0.125 e. The van der Waals surface area contributed by atoms with Gasteiger partial charge in [0.25, 0.3) is 0 Å². The van der Waals surface area contributed by atoms with Crippen molar-refractivity contribution in [2.24, 2.45) is 7.05 Å². The molecule has 0 fully saturated rings. The van der Waals surface area contributed by atoms with Gasteiger partial charge in [-0.3, -0.25) is 10.00 Å². The van der Waals surface area contributed by atoms with Gasteiger partial charge >= 0.3 is 0 Å². The van der Waals surface area contributed by atoms with E-state index in [0.29, 0.717) is 6.54 Å². The van der Waals surface area contributed by atoms with Gasteiger partial charge < -0.3 is 0 Å². The number of nitrogens with one attached hydrogen (secondary N) is 1. The van der Waals surface area contributed by atoms with Gasteiger partial charge in [0.1, 0.15) is 6.04 Å². The van der Waals surface area contributed by atoms with E-state index in [9.17, 15) is 0 Å². The Morgan fingerprint density at radius 2 is 2.62 bits per heavy atom. The quantitative estimate of drug-likeness (QED) is 0.666. The van der Waals surface area contributed by atoms with Crippen LogP contribution in [0.3, 0.4) is 0 Å². The Morgan fingerprint density at radius 3 is 3.08 bits per heavy atom. The Bertz CT molecular complexity index is 352. The zero-order valence-electron chi connectivity index (χ0n) is 7.36. The molecule has 1 unspecified atom stereocenters. The molecule has 4 nitrogen and oxygen atoms in total. The summed E-state index contributed by atoms with van der Waals surface area (Å²) in [5.74, 6) is 2.42. The van der Waals surface area contributed by atoms with Gasteiger partial charge in [0.05, 0.1) is 18.8 Å². The fourth-order valence-corrected chi connectivity index (χ4v) is 0.988. The van der Waals surface area contributed by atoms with Gasteiger partial charge in [0.15, 0.2) is 0 Å². The molecule has 13 heavy (non-hydrogen) atoms. The Morgan fingerprint density at radius 1 is 1.85 bits per heavy atom. The molecule has 1 aromatic heterocycles. The minimum Gasteiger partial charge on any atom is -0.287 e. The van der Waals surface area contributed by atoms with Gasteiger partial charge in [-0.2, -0.15) is 10.4 Å². The Balaban J connectivity index is 2.69. The van der Waals surface area contributed by atoms with Gasteiger partial charge in [0, 0.05) is 18.8 Å². The second-order valence-corrected chi connectivity index (χ2v) is 2.59. The van der Waals surface area contributed by atoms with E-state index in [1.165, 1.54) is 0 Å². The standard InChI is InChI=1S/C9H10N4/c1-3-4-11-9(5-10)8-6-12-13(2)7-8/h1,6-7,9,11H,4H2,2H3. The molecule has 0 aliphatic heterocycles. The van der Waals surface area contributed by atoms with E-state index in [0.717, 1.165) is 5.56 Å². The molecule has 1 N–H and O–H groups in total. The summed E-state index contributed by atoms with van der Waals surface area (Å²) in [6.07, 6.45) is 8.51. The zero-order valence-corrected chi connectivity index (χ0v) is 7.36. The Kier molecular flexibility index (Phi) is 3.08. The normalized spacial score (nSPS) is 11.6. The van der Waals surface area contributed by atoms with Gasteiger partial charge in [-0.15, -0.1) is 6.42 Å². The first-order valence-corrected chi connectivity index (χ1v) is 3.83. The van der Waals surface area contributed by atoms with Crippen LogP contribution in [0.15, 0.2) is 12.4 Å². The lowest BCUT2D eigenvalue weighted by Crippen LogP contribution is -2.19. The van der Waals surface area contributed by atoms with E-state index in [1.807, 2.05) is 0 Å². The zero-order chi connectivity index (χ0) is 9.68. The average molecular weight is 174 g/mol. The SMILES string of the molecule is C#CCNC(C#N)c1cnn(C)c1. The van der Waals surface area contributed by atoms with Gasteiger partial charge in [-0.05, 0) is 0 Å². The molecule has 1 atom stereocenters. The number of aryl methyl sites for hydroxylation is 1. The first kappa shape index (κ1) is 9.31. The van der Waals surface area contributed by atoms with E-state index in [1.54, 1.807) is 24.1 Å². The third kappa shape index (κ3) is 2.33. The summed E-state index contributed by atoms with van der Waals surface area (Å²) in [4.78, 5) is 0. The topological polar surface area (TPSA) is 53.6 Å². The highest BCUT2D eigenvalue weighted by molar-refractivity contribution is 5.18. The van der Waals surface area contributed by atoms with Crippen molar-refractivity contribution in [1.29, 1.82) is 5.26 Å². The summed E-state index contributed by atoms with van der Waals surface area (Å²) in [6, 6.07) is 1.74. The van der Waals surface area contributed by atoms with Crippen molar-refractivity contribution in [3.05, 3.63) is 18.0 Å². The molecule has 4 heteroatoms. The van der Waals surface area contributed by atoms with Crippen molar-refractivity contribution >= 4 is 0 Å². The average Bonchev–Trinajstić information content (AvgIpc) is 2.54. The first-order valence-electron chi connectivity index (χ1n) is 3.83. The summed E-state index contributed by atoms with van der Waals surface area (Å²) >= 11 is 0. The molecule has 0 aliphatic rings. The maximum atomic E-state index is 8.80. The number of nitriles is 1. The molecule has 66 valence electrons. The molecule has 1 rings (SSSR count). The van der Waals surface area contributed by atoms with Crippen LogP contribution in [0.2, 0.25) is 0 Å². The van der Waals surface area contributed by atoms with Crippen LogP contribution < -0.4 is 5.32 Å². The van der Waals surface area contributed by atoms with Crippen molar-refractivity contribution in [1.82, 2.24) is 15.1 Å². The van der Waals surface area contributed by atoms with Gasteiger partial charge in [-0.1, -0.05) is 5.92 Å². The van der Waals surface area contributed by atoms with Crippen LogP contribution in [0.25, 0.3) is 0 Å². The number of hydrogen-bond acceptors (Lipinski definition) is 3. The largest absolute Gasteiger partial charge is 0.287 e. The van der Waals surface area contributed by atoms with Crippen LogP contribution in [0.5, 0.6) is 0 Å². The van der Waals surface area contributed by atoms with Crippen LogP contribution in [0.1, 0.15) is 11.6 Å². The fraction of sp³-hybridized carbons (Fsp3) is 0.333. The summed E-state index contributed by atoms with van der Waals surface area (Å²) in [5.41, 5.74) is 0.834. The minimum atomic E-state index is -0.371. The molecule has 0 saturated carbocycles. The third-order valence-electron chi connectivity index (χ3n) is 1.60. The van der Waals surface area contributed by atoms with E-state index in [2.05, 4.69) is 22.4 Å². The third-order valence-corrected chi connectivity index (χ3v) is 1.60. The lowest BCUT2D eigenvalue weighted by atomic mass is 10.2. The van der Waals surface area contributed by atoms with E-state index in [4.69, 9.17) is 11.7 Å². The van der Waals surface area contributed by atoms with Crippen molar-refractivity contribution in [3.63, 3.8) is 0 Å². The lowest BCUT2D eigenvalue weighted by Gasteiger charge is -2.04. The summed E-state index contributed by atoms with van der Waals surface area (Å²) in [5, 5.41) is 15.7. The molecular weight excluding hydrogens is 164 g/mol. The van der Waals surface area contributed by atoms with Gasteiger partial charge in [0.2, 0.25) is 0 Å². The molecule has 1 aromatic rings. The highest BCUT2D eigenvalue weighted by atomic mass is 15.2. The Labute approximate surface area is 77.2 Å². The molecule has 0 spiro atoms. The minimum absolute atomic E-state index is 0.371. The number of terminal acetylenes is 1. The summed E-state index contributed by atoms with van der Waals surface area (Å²) < 4.78 is 1.65. The summed E-state index contributed by atoms with van der Waals surface area (Å²) in [6.45, 7) is 0.382. The molecule has 1 heterocycles. The van der Waals surface area contributed by atoms with Crippen molar-refractivity contribution < 1.29 is 0 Å². The van der Waals surface area contributed by atoms with E-state index in [-0.39, 0.29) is 6.04 Å². The molecule has 0 aromatic carbocycles. The van der Waals surface area contributed by atoms with Crippen molar-refractivity contribution in [2.45, 2.75) is 6.04 Å². The van der Waals surface area contributed by atoms with Crippen LogP contribution in [0, 0.1) is 23.7 Å². The van der Waals surface area contributed by atoms with Crippen molar-refractivity contribution in [3.8, 4) is 18.4 Å². The predicted molar refractivity (Wildman–Crippen MR) is 48.4 cm³/mol. The van der Waals surface area contributed by atoms with E-state index >= 15 is 0 Å². The second-order valence-electron chi connectivity index (χ2n) is 2.59. The number of hydrogen-bond donors (Lipinski definition) is 1. The van der Waals surface area contributed by atoms with Crippen LogP contribution >= 0.6 is 0 Å². The fourth-order valence-electron chi connectivity index (χ4n) is 0.988. The van der Waals surface area contributed by atoms with Gasteiger partial charge in [-0.25, -0.2) is 0 Å². The highest BCUT2D eigenvalue weighted by Gasteiger charge is 2.09. The molecule has 0 amide bonds. The molecular formula is C9H10N4. The molecule has 0 radical (unpaired) electrons. The maximum absolute atomic E-state index is 8.80. The highest BCUT2D eigenvalue weighted by Crippen LogP contribution is 2.09. The van der Waals surface area contributed by atoms with Crippen LogP contribution in [-0.2, 0) is 7.05 Å². The predicted octanol–water partition coefficient (Wildman–Crippen LogP) is 0.208. The number of aromatic nitrogens is 2. The van der Waals surface area contributed by atoms with E-state index < -0.39 is 0 Å². The monoisotopic (exact) mass is 174 g/mol. The van der Waals surface area contributed by atoms with Crippen molar-refractivity contribution in [2.75, 3.05) is 6.54 Å². The van der Waals surface area contributed by atoms with Crippen LogP contribution in [0.4, 0.5) is 0 Å². The lowest BCUT2D eigenvalue weighted by molar-refractivity contribution is 0.688. The molecule has 0 saturated heterocycles. The first-order chi connectivity index (χ1) is 6.27. The molecule has 0 bridgehead atoms. The van der Waals surface area contributed by atoms with Crippen LogP contribution in [-0.4, -0.2) is 16.3 Å². The number of nitrogens with zero attached hydrogens (tertiary/aromatic N) is 3. The molecule has 0 aliphatic carbocycles. The Hall–Kier alpha value is -1.78. The number of rotatable bonds is 3. The maximum Gasteiger partial charge on any atom is 0.125 e.